The summed E-state index contributed by atoms with van der Waals surface area (Å²) in [6.45, 7) is 4.45. The predicted octanol–water partition coefficient (Wildman–Crippen LogP) is 3.64. The lowest BCUT2D eigenvalue weighted by atomic mass is 10.2. The molecule has 0 aliphatic carbocycles. The van der Waals surface area contributed by atoms with Gasteiger partial charge in [-0.05, 0) is 36.6 Å². The van der Waals surface area contributed by atoms with Crippen molar-refractivity contribution in [3.8, 4) is 5.75 Å². The van der Waals surface area contributed by atoms with E-state index < -0.39 is 0 Å². The average Bonchev–Trinajstić information content (AvgIpc) is 2.38. The van der Waals surface area contributed by atoms with Crippen LogP contribution in [0.25, 0.3) is 0 Å². The lowest BCUT2D eigenvalue weighted by molar-refractivity contribution is 0.306. The second-order valence-electron chi connectivity index (χ2n) is 3.67. The van der Waals surface area contributed by atoms with Crippen molar-refractivity contribution in [2.45, 2.75) is 13.0 Å². The van der Waals surface area contributed by atoms with Crippen LogP contribution >= 0.6 is 0 Å². The number of hydrogen-bond acceptors (Lipinski definition) is 1. The summed E-state index contributed by atoms with van der Waals surface area (Å²) in [4.78, 5) is 0. The maximum atomic E-state index is 5.67. The Hall–Kier alpha value is -1.76. The first kappa shape index (κ1) is 10.7. The molecule has 0 heterocycles. The lowest BCUT2D eigenvalue weighted by Crippen LogP contribution is -1.94. The summed E-state index contributed by atoms with van der Waals surface area (Å²) in [5.74, 6) is 0.904. The van der Waals surface area contributed by atoms with Crippen molar-refractivity contribution < 1.29 is 4.74 Å². The Morgan fingerprint density at radius 2 is 1.50 bits per heavy atom. The van der Waals surface area contributed by atoms with Crippen molar-refractivity contribution in [3.05, 3.63) is 72.6 Å². The topological polar surface area (TPSA) is 9.23 Å². The van der Waals surface area contributed by atoms with Gasteiger partial charge in [-0.15, -0.1) is 0 Å². The minimum Gasteiger partial charge on any atom is -0.489 e. The molecule has 0 aromatic heterocycles. The van der Waals surface area contributed by atoms with Gasteiger partial charge in [-0.2, -0.15) is 0 Å². The monoisotopic (exact) mass is 211 g/mol. The molecule has 2 rings (SSSR count). The molecule has 0 bridgehead atoms. The number of rotatable bonds is 4. The van der Waals surface area contributed by atoms with Gasteiger partial charge in [0.2, 0.25) is 0 Å². The molecule has 0 fully saturated rings. The van der Waals surface area contributed by atoms with Gasteiger partial charge in [-0.25, -0.2) is 0 Å². The van der Waals surface area contributed by atoms with Crippen molar-refractivity contribution in [2.24, 2.45) is 0 Å². The first-order chi connectivity index (χ1) is 7.88. The van der Waals surface area contributed by atoms with Crippen LogP contribution in [0.1, 0.15) is 11.1 Å². The number of hydrogen-bond donors (Lipinski definition) is 0. The second-order valence-corrected chi connectivity index (χ2v) is 3.67. The summed E-state index contributed by atoms with van der Waals surface area (Å²) in [6.07, 6.45) is 0.818. The van der Waals surface area contributed by atoms with Crippen LogP contribution in [0.2, 0.25) is 0 Å². The molecule has 0 unspecified atom stereocenters. The molecule has 0 amide bonds. The lowest BCUT2D eigenvalue weighted by Gasteiger charge is -2.06. The molecule has 16 heavy (non-hydrogen) atoms. The zero-order chi connectivity index (χ0) is 11.2. The SMILES string of the molecule is [CH2]Cc1ccc(OCc2ccccc2)cc1. The smallest absolute Gasteiger partial charge is 0.119 e. The largest absolute Gasteiger partial charge is 0.489 e. The van der Waals surface area contributed by atoms with E-state index in [0.29, 0.717) is 6.61 Å². The minimum absolute atomic E-state index is 0.616. The number of benzene rings is 2. The Kier molecular flexibility index (Phi) is 3.60. The highest BCUT2D eigenvalue weighted by Crippen LogP contribution is 2.14. The molecule has 1 nitrogen and oxygen atoms in total. The molecule has 2 aromatic carbocycles. The summed E-state index contributed by atoms with van der Waals surface area (Å²) >= 11 is 0. The minimum atomic E-state index is 0.616. The molecular formula is C15H15O. The van der Waals surface area contributed by atoms with E-state index >= 15 is 0 Å². The fraction of sp³-hybridized carbons (Fsp3) is 0.133. The molecule has 2 aromatic rings. The van der Waals surface area contributed by atoms with Crippen molar-refractivity contribution in [3.63, 3.8) is 0 Å². The van der Waals surface area contributed by atoms with Crippen molar-refractivity contribution in [1.82, 2.24) is 0 Å². The fourth-order valence-corrected chi connectivity index (χ4v) is 1.49. The van der Waals surface area contributed by atoms with Crippen LogP contribution in [0.5, 0.6) is 5.75 Å². The van der Waals surface area contributed by atoms with Crippen LogP contribution in [0.4, 0.5) is 0 Å². The second kappa shape index (κ2) is 5.36. The van der Waals surface area contributed by atoms with Crippen LogP contribution in [0, 0.1) is 6.92 Å². The molecule has 1 heteroatoms. The molecular weight excluding hydrogens is 196 g/mol. The molecule has 81 valence electrons. The van der Waals surface area contributed by atoms with Crippen LogP contribution < -0.4 is 4.74 Å². The van der Waals surface area contributed by atoms with Crippen LogP contribution in [0.15, 0.2) is 54.6 Å². The molecule has 0 spiro atoms. The van der Waals surface area contributed by atoms with E-state index in [1.807, 2.05) is 42.5 Å². The Labute approximate surface area is 96.7 Å². The Morgan fingerprint density at radius 3 is 2.12 bits per heavy atom. The van der Waals surface area contributed by atoms with Gasteiger partial charge in [-0.3, -0.25) is 0 Å². The Morgan fingerprint density at radius 1 is 0.812 bits per heavy atom. The van der Waals surface area contributed by atoms with Gasteiger partial charge < -0.3 is 4.74 Å². The predicted molar refractivity (Wildman–Crippen MR) is 66.3 cm³/mol. The van der Waals surface area contributed by atoms with E-state index in [4.69, 9.17) is 4.74 Å². The quantitative estimate of drug-likeness (QED) is 0.750. The molecule has 0 aliphatic rings. The van der Waals surface area contributed by atoms with Crippen LogP contribution in [-0.2, 0) is 13.0 Å². The highest BCUT2D eigenvalue weighted by atomic mass is 16.5. The summed E-state index contributed by atoms with van der Waals surface area (Å²) in [5, 5.41) is 0. The van der Waals surface area contributed by atoms with E-state index in [-0.39, 0.29) is 0 Å². The summed E-state index contributed by atoms with van der Waals surface area (Å²) in [5.41, 5.74) is 2.41. The summed E-state index contributed by atoms with van der Waals surface area (Å²) in [7, 11) is 0. The summed E-state index contributed by atoms with van der Waals surface area (Å²) in [6, 6.07) is 18.2. The zero-order valence-electron chi connectivity index (χ0n) is 9.23. The average molecular weight is 211 g/mol. The van der Waals surface area contributed by atoms with Gasteiger partial charge in [0.25, 0.3) is 0 Å². The molecule has 1 radical (unpaired) electrons. The third-order valence-electron chi connectivity index (χ3n) is 2.46. The first-order valence-corrected chi connectivity index (χ1v) is 5.43. The van der Waals surface area contributed by atoms with E-state index in [1.165, 1.54) is 11.1 Å². The van der Waals surface area contributed by atoms with Gasteiger partial charge in [-0.1, -0.05) is 42.5 Å². The van der Waals surface area contributed by atoms with Crippen molar-refractivity contribution >= 4 is 0 Å². The van der Waals surface area contributed by atoms with Crippen LogP contribution in [-0.4, -0.2) is 0 Å². The maximum Gasteiger partial charge on any atom is 0.119 e. The van der Waals surface area contributed by atoms with Crippen molar-refractivity contribution in [2.75, 3.05) is 0 Å². The third kappa shape index (κ3) is 2.86. The van der Waals surface area contributed by atoms with E-state index in [0.717, 1.165) is 12.2 Å². The standard InChI is InChI=1S/C15H15O/c1-2-13-8-10-15(11-9-13)16-12-14-6-4-3-5-7-14/h3-11H,1-2,12H2. The van der Waals surface area contributed by atoms with Gasteiger partial charge >= 0.3 is 0 Å². The van der Waals surface area contributed by atoms with E-state index in [2.05, 4.69) is 19.1 Å². The normalized spacial score (nSPS) is 10.1. The van der Waals surface area contributed by atoms with Gasteiger partial charge in [0, 0.05) is 0 Å². The van der Waals surface area contributed by atoms with Crippen molar-refractivity contribution in [1.29, 1.82) is 0 Å². The molecule has 0 N–H and O–H groups in total. The van der Waals surface area contributed by atoms with E-state index in [1.54, 1.807) is 0 Å². The Balaban J connectivity index is 1.94. The maximum absolute atomic E-state index is 5.67. The highest BCUT2D eigenvalue weighted by Gasteiger charge is 1.95. The fourth-order valence-electron chi connectivity index (χ4n) is 1.49. The van der Waals surface area contributed by atoms with Gasteiger partial charge in [0.1, 0.15) is 12.4 Å². The third-order valence-corrected chi connectivity index (χ3v) is 2.46. The van der Waals surface area contributed by atoms with Crippen LogP contribution in [0.3, 0.4) is 0 Å². The molecule has 0 saturated heterocycles. The summed E-state index contributed by atoms with van der Waals surface area (Å²) < 4.78 is 5.67. The zero-order valence-corrected chi connectivity index (χ0v) is 9.23. The first-order valence-electron chi connectivity index (χ1n) is 5.43. The molecule has 0 aliphatic heterocycles. The van der Waals surface area contributed by atoms with Gasteiger partial charge in [0.15, 0.2) is 0 Å². The molecule has 0 saturated carbocycles. The molecule has 0 atom stereocenters. The van der Waals surface area contributed by atoms with E-state index in [9.17, 15) is 0 Å². The Bertz CT molecular complexity index is 417. The van der Waals surface area contributed by atoms with Gasteiger partial charge in [0.05, 0.1) is 0 Å². The highest BCUT2D eigenvalue weighted by molar-refractivity contribution is 5.28. The number of ether oxygens (including phenoxy) is 1.